The van der Waals surface area contributed by atoms with Gasteiger partial charge in [-0.3, -0.25) is 4.79 Å². The van der Waals surface area contributed by atoms with Gasteiger partial charge in [0.2, 0.25) is 0 Å². The van der Waals surface area contributed by atoms with Crippen molar-refractivity contribution in [3.63, 3.8) is 0 Å². The number of carbonyl (C=O) groups excluding carboxylic acids is 1. The van der Waals surface area contributed by atoms with Crippen molar-refractivity contribution in [1.82, 2.24) is 0 Å². The Bertz CT molecular complexity index is 457. The van der Waals surface area contributed by atoms with Gasteiger partial charge in [-0.1, -0.05) is 13.8 Å². The molecule has 4 nitrogen and oxygen atoms in total. The quantitative estimate of drug-likeness (QED) is 0.710. The number of hydrogen-bond acceptors (Lipinski definition) is 4. The highest BCUT2D eigenvalue weighted by Crippen LogP contribution is 2.30. The van der Waals surface area contributed by atoms with Crippen molar-refractivity contribution < 1.29 is 14.3 Å². The van der Waals surface area contributed by atoms with Crippen molar-refractivity contribution in [1.29, 1.82) is 0 Å². The van der Waals surface area contributed by atoms with E-state index >= 15 is 0 Å². The van der Waals surface area contributed by atoms with Gasteiger partial charge in [0.25, 0.3) is 0 Å². The van der Waals surface area contributed by atoms with Crippen LogP contribution < -0.4 is 15.2 Å². The van der Waals surface area contributed by atoms with Crippen LogP contribution in [0.4, 0.5) is 0 Å². The number of rotatable bonds is 9. The molecule has 0 radical (unpaired) electrons. The maximum Gasteiger partial charge on any atom is 0.167 e. The minimum Gasteiger partial charge on any atom is -0.490 e. The zero-order valence-electron chi connectivity index (χ0n) is 13.5. The molecule has 0 spiro atoms. The Morgan fingerprint density at radius 3 is 2.29 bits per heavy atom. The summed E-state index contributed by atoms with van der Waals surface area (Å²) in [6.07, 6.45) is 0.798. The first kappa shape index (κ1) is 17.5. The molecule has 21 heavy (non-hydrogen) atoms. The fraction of sp³-hybridized carbons (Fsp3) is 0.588. The summed E-state index contributed by atoms with van der Waals surface area (Å²) in [6.45, 7) is 9.48. The first-order valence-corrected chi connectivity index (χ1v) is 7.67. The molecule has 1 atom stereocenters. The SMILES string of the molecule is CCOc1ccc(C(=O)C(CN)CC(C)C)cc1OCC. The fourth-order valence-corrected chi connectivity index (χ4v) is 2.32. The molecule has 0 saturated heterocycles. The van der Waals surface area contributed by atoms with Crippen molar-refractivity contribution >= 4 is 5.78 Å². The molecule has 0 heterocycles. The zero-order valence-corrected chi connectivity index (χ0v) is 13.5. The van der Waals surface area contributed by atoms with E-state index in [1.54, 1.807) is 18.2 Å². The van der Waals surface area contributed by atoms with E-state index in [2.05, 4.69) is 13.8 Å². The van der Waals surface area contributed by atoms with Gasteiger partial charge in [0, 0.05) is 18.0 Å². The molecule has 2 N–H and O–H groups in total. The highest BCUT2D eigenvalue weighted by Gasteiger charge is 2.21. The Morgan fingerprint density at radius 1 is 1.14 bits per heavy atom. The predicted molar refractivity (Wildman–Crippen MR) is 85.1 cm³/mol. The predicted octanol–water partition coefficient (Wildman–Crippen LogP) is 3.29. The molecule has 0 amide bonds. The van der Waals surface area contributed by atoms with Crippen LogP contribution in [-0.2, 0) is 0 Å². The van der Waals surface area contributed by atoms with Crippen molar-refractivity contribution in [3.05, 3.63) is 23.8 Å². The molecule has 4 heteroatoms. The molecule has 118 valence electrons. The second-order valence-corrected chi connectivity index (χ2v) is 5.45. The zero-order chi connectivity index (χ0) is 15.8. The Labute approximate surface area is 127 Å². The minimum atomic E-state index is -0.141. The van der Waals surface area contributed by atoms with Crippen molar-refractivity contribution in [3.8, 4) is 11.5 Å². The van der Waals surface area contributed by atoms with Crippen molar-refractivity contribution in [2.24, 2.45) is 17.6 Å². The molecule has 1 aromatic rings. The standard InChI is InChI=1S/C17H27NO3/c1-5-20-15-8-7-13(10-16(15)21-6-2)17(19)14(11-18)9-12(3)4/h7-8,10,12,14H,5-6,9,11,18H2,1-4H3. The number of benzene rings is 1. The van der Waals surface area contributed by atoms with Gasteiger partial charge in [-0.25, -0.2) is 0 Å². The molecule has 0 aliphatic heterocycles. The summed E-state index contributed by atoms with van der Waals surface area (Å²) in [5, 5.41) is 0. The minimum absolute atomic E-state index is 0.0789. The van der Waals surface area contributed by atoms with Crippen LogP contribution in [0.25, 0.3) is 0 Å². The summed E-state index contributed by atoms with van der Waals surface area (Å²) in [7, 11) is 0. The van der Waals surface area contributed by atoms with Gasteiger partial charge in [0.05, 0.1) is 13.2 Å². The van der Waals surface area contributed by atoms with E-state index in [9.17, 15) is 4.79 Å². The summed E-state index contributed by atoms with van der Waals surface area (Å²) in [6, 6.07) is 5.35. The lowest BCUT2D eigenvalue weighted by Gasteiger charge is -2.17. The van der Waals surface area contributed by atoms with Gasteiger partial charge in [-0.2, -0.15) is 0 Å². The summed E-state index contributed by atoms with van der Waals surface area (Å²) < 4.78 is 11.1. The van der Waals surface area contributed by atoms with Crippen molar-refractivity contribution in [2.45, 2.75) is 34.1 Å². The van der Waals surface area contributed by atoms with Gasteiger partial charge >= 0.3 is 0 Å². The smallest absolute Gasteiger partial charge is 0.167 e. The molecule has 1 aromatic carbocycles. The largest absolute Gasteiger partial charge is 0.490 e. The van der Waals surface area contributed by atoms with Gasteiger partial charge < -0.3 is 15.2 Å². The molecule has 1 rings (SSSR count). The number of carbonyl (C=O) groups is 1. The number of hydrogen-bond donors (Lipinski definition) is 1. The molecule has 0 fully saturated rings. The second-order valence-electron chi connectivity index (χ2n) is 5.45. The maximum absolute atomic E-state index is 12.6. The Hall–Kier alpha value is -1.55. The summed E-state index contributed by atoms with van der Waals surface area (Å²) in [4.78, 5) is 12.6. The normalized spacial score (nSPS) is 12.3. The number of ether oxygens (including phenoxy) is 2. The van der Waals surface area contributed by atoms with Gasteiger partial charge in [-0.15, -0.1) is 0 Å². The van der Waals surface area contributed by atoms with E-state index in [0.29, 0.717) is 42.7 Å². The molecule has 0 aromatic heterocycles. The molecule has 0 aliphatic carbocycles. The molecule has 1 unspecified atom stereocenters. The van der Waals surface area contributed by atoms with E-state index in [1.165, 1.54) is 0 Å². The highest BCUT2D eigenvalue weighted by atomic mass is 16.5. The van der Waals surface area contributed by atoms with Gasteiger partial charge in [-0.05, 0) is 44.4 Å². The first-order valence-electron chi connectivity index (χ1n) is 7.67. The average molecular weight is 293 g/mol. The molecular formula is C17H27NO3. The Morgan fingerprint density at radius 2 is 1.76 bits per heavy atom. The number of ketones is 1. The van der Waals surface area contributed by atoms with Crippen LogP contribution in [0.3, 0.4) is 0 Å². The van der Waals surface area contributed by atoms with Crippen LogP contribution in [0.2, 0.25) is 0 Å². The lowest BCUT2D eigenvalue weighted by atomic mass is 9.90. The fourth-order valence-electron chi connectivity index (χ4n) is 2.32. The summed E-state index contributed by atoms with van der Waals surface area (Å²) >= 11 is 0. The van der Waals surface area contributed by atoms with E-state index in [4.69, 9.17) is 15.2 Å². The van der Waals surface area contributed by atoms with E-state index in [1.807, 2.05) is 13.8 Å². The lowest BCUT2D eigenvalue weighted by molar-refractivity contribution is 0.0908. The van der Waals surface area contributed by atoms with E-state index in [-0.39, 0.29) is 11.7 Å². The third-order valence-electron chi connectivity index (χ3n) is 3.24. The number of nitrogens with two attached hydrogens (primary N) is 1. The highest BCUT2D eigenvalue weighted by molar-refractivity contribution is 5.98. The van der Waals surface area contributed by atoms with Crippen LogP contribution in [0.15, 0.2) is 18.2 Å². The second kappa shape index (κ2) is 8.67. The van der Waals surface area contributed by atoms with Gasteiger partial charge in [0.15, 0.2) is 17.3 Å². The third kappa shape index (κ3) is 5.05. The monoisotopic (exact) mass is 293 g/mol. The van der Waals surface area contributed by atoms with Crippen LogP contribution in [0, 0.1) is 11.8 Å². The number of Topliss-reactive ketones (excluding diaryl/α,β-unsaturated/α-hetero) is 1. The van der Waals surface area contributed by atoms with E-state index < -0.39 is 0 Å². The van der Waals surface area contributed by atoms with Crippen LogP contribution in [0.1, 0.15) is 44.5 Å². The Balaban J connectivity index is 3.00. The lowest BCUT2D eigenvalue weighted by Crippen LogP contribution is -2.25. The molecule has 0 saturated carbocycles. The topological polar surface area (TPSA) is 61.5 Å². The first-order chi connectivity index (χ1) is 10.0. The van der Waals surface area contributed by atoms with E-state index in [0.717, 1.165) is 6.42 Å². The Kier molecular flexibility index (Phi) is 7.23. The van der Waals surface area contributed by atoms with Crippen LogP contribution in [-0.4, -0.2) is 25.5 Å². The third-order valence-corrected chi connectivity index (χ3v) is 3.24. The molecular weight excluding hydrogens is 266 g/mol. The van der Waals surface area contributed by atoms with Crippen LogP contribution >= 0.6 is 0 Å². The molecule has 0 bridgehead atoms. The van der Waals surface area contributed by atoms with Gasteiger partial charge in [0.1, 0.15) is 0 Å². The average Bonchev–Trinajstić information content (AvgIpc) is 2.46. The maximum atomic E-state index is 12.6. The summed E-state index contributed by atoms with van der Waals surface area (Å²) in [5.41, 5.74) is 6.39. The van der Waals surface area contributed by atoms with Crippen molar-refractivity contribution in [2.75, 3.05) is 19.8 Å². The molecule has 0 aliphatic rings. The summed E-state index contributed by atoms with van der Waals surface area (Å²) in [5.74, 6) is 1.67. The van der Waals surface area contributed by atoms with Crippen LogP contribution in [0.5, 0.6) is 11.5 Å².